The fourth-order valence-electron chi connectivity index (χ4n) is 3.12. The van der Waals surface area contributed by atoms with E-state index in [1.54, 1.807) is 6.92 Å². The predicted molar refractivity (Wildman–Crippen MR) is 119 cm³/mol. The number of rotatable bonds is 9. The van der Waals surface area contributed by atoms with Crippen molar-refractivity contribution in [3.05, 3.63) is 71.1 Å². The number of hydrogen-bond donors (Lipinski definition) is 3. The third kappa shape index (κ3) is 5.89. The summed E-state index contributed by atoms with van der Waals surface area (Å²) in [4.78, 5) is 17.2. The fraction of sp³-hybridized carbons (Fsp3) is 0.304. The van der Waals surface area contributed by atoms with E-state index in [2.05, 4.69) is 27.8 Å². The van der Waals surface area contributed by atoms with E-state index in [1.807, 2.05) is 54.8 Å². The van der Waals surface area contributed by atoms with Gasteiger partial charge in [0.15, 0.2) is 5.13 Å². The van der Waals surface area contributed by atoms with Crippen molar-refractivity contribution in [3.63, 3.8) is 0 Å². The summed E-state index contributed by atoms with van der Waals surface area (Å²) >= 11 is 1.43. The van der Waals surface area contributed by atoms with E-state index in [-0.39, 0.29) is 5.91 Å². The lowest BCUT2D eigenvalue weighted by molar-refractivity contribution is -0.123. The van der Waals surface area contributed by atoms with Gasteiger partial charge in [0.25, 0.3) is 0 Å². The standard InChI is InChI=1S/C23H27N3O2S/c1-16-9-6-7-13-19(16)20-15-29-23(25-20)26-21(17(2)27)22(28)24-14-8-12-18-10-4-3-5-11-18/h3-7,9-11,13,15,17,21,27H,8,12,14H2,1-2H3,(H,24,28)(H,25,26)/t17-,21+/m1/s1. The summed E-state index contributed by atoms with van der Waals surface area (Å²) in [5, 5.41) is 18.7. The van der Waals surface area contributed by atoms with Gasteiger partial charge >= 0.3 is 0 Å². The molecule has 0 spiro atoms. The maximum atomic E-state index is 12.6. The lowest BCUT2D eigenvalue weighted by Gasteiger charge is -2.20. The summed E-state index contributed by atoms with van der Waals surface area (Å²) in [5.74, 6) is -0.222. The van der Waals surface area contributed by atoms with Gasteiger partial charge < -0.3 is 15.7 Å². The van der Waals surface area contributed by atoms with Crippen molar-refractivity contribution in [2.45, 2.75) is 38.8 Å². The van der Waals surface area contributed by atoms with Crippen molar-refractivity contribution in [2.75, 3.05) is 11.9 Å². The predicted octanol–water partition coefficient (Wildman–Crippen LogP) is 4.03. The number of nitrogens with zero attached hydrogens (tertiary/aromatic N) is 1. The Morgan fingerprint density at radius 2 is 1.86 bits per heavy atom. The molecule has 0 radical (unpaired) electrons. The van der Waals surface area contributed by atoms with Crippen LogP contribution in [0.5, 0.6) is 0 Å². The number of amides is 1. The highest BCUT2D eigenvalue weighted by Crippen LogP contribution is 2.27. The van der Waals surface area contributed by atoms with Crippen molar-refractivity contribution >= 4 is 22.4 Å². The zero-order chi connectivity index (χ0) is 20.6. The SMILES string of the molecule is Cc1ccccc1-c1csc(N[C@H](C(=O)NCCCc2ccccc2)[C@@H](C)O)n1. The second-order valence-electron chi connectivity index (χ2n) is 7.10. The van der Waals surface area contributed by atoms with Gasteiger partial charge in [-0.25, -0.2) is 4.98 Å². The number of aromatic nitrogens is 1. The van der Waals surface area contributed by atoms with Crippen LogP contribution in [0.25, 0.3) is 11.3 Å². The molecule has 2 atom stereocenters. The molecule has 0 bridgehead atoms. The van der Waals surface area contributed by atoms with E-state index < -0.39 is 12.1 Å². The molecule has 5 nitrogen and oxygen atoms in total. The van der Waals surface area contributed by atoms with Crippen LogP contribution in [0, 0.1) is 6.92 Å². The number of nitrogens with one attached hydrogen (secondary N) is 2. The number of carbonyl (C=O) groups is 1. The minimum Gasteiger partial charge on any atom is -0.391 e. The minimum absolute atomic E-state index is 0.222. The van der Waals surface area contributed by atoms with E-state index in [4.69, 9.17) is 0 Å². The second kappa shape index (κ2) is 10.2. The Labute approximate surface area is 175 Å². The average Bonchev–Trinajstić information content (AvgIpc) is 3.18. The number of aliphatic hydroxyl groups excluding tert-OH is 1. The molecular formula is C23H27N3O2S. The number of aryl methyl sites for hydroxylation is 2. The normalized spacial score (nSPS) is 12.9. The summed E-state index contributed by atoms with van der Waals surface area (Å²) in [6.07, 6.45) is 0.909. The first-order chi connectivity index (χ1) is 14.0. The molecule has 0 aliphatic carbocycles. The molecule has 0 aliphatic heterocycles. The van der Waals surface area contributed by atoms with Crippen LogP contribution in [0.4, 0.5) is 5.13 Å². The van der Waals surface area contributed by atoms with Gasteiger partial charge in [-0.1, -0.05) is 54.6 Å². The van der Waals surface area contributed by atoms with E-state index in [9.17, 15) is 9.90 Å². The smallest absolute Gasteiger partial charge is 0.245 e. The summed E-state index contributed by atoms with van der Waals surface area (Å²) in [5.41, 5.74) is 4.32. The van der Waals surface area contributed by atoms with Crippen LogP contribution >= 0.6 is 11.3 Å². The molecule has 0 unspecified atom stereocenters. The van der Waals surface area contributed by atoms with Gasteiger partial charge in [0.2, 0.25) is 5.91 Å². The molecule has 3 rings (SSSR count). The quantitative estimate of drug-likeness (QED) is 0.467. The van der Waals surface area contributed by atoms with E-state index >= 15 is 0 Å². The zero-order valence-electron chi connectivity index (χ0n) is 16.8. The first-order valence-electron chi connectivity index (χ1n) is 9.82. The van der Waals surface area contributed by atoms with Crippen LogP contribution in [0.1, 0.15) is 24.5 Å². The molecule has 1 heterocycles. The largest absolute Gasteiger partial charge is 0.391 e. The number of carbonyl (C=O) groups excluding carboxylic acids is 1. The summed E-state index contributed by atoms with van der Waals surface area (Å²) in [6.45, 7) is 4.21. The van der Waals surface area contributed by atoms with Crippen molar-refractivity contribution in [3.8, 4) is 11.3 Å². The Hall–Kier alpha value is -2.70. The van der Waals surface area contributed by atoms with Crippen LogP contribution in [-0.4, -0.2) is 34.7 Å². The molecule has 1 amide bonds. The number of benzene rings is 2. The van der Waals surface area contributed by atoms with Crippen LogP contribution in [0.2, 0.25) is 0 Å². The van der Waals surface area contributed by atoms with Gasteiger partial charge in [0.05, 0.1) is 11.8 Å². The Balaban J connectivity index is 1.56. The van der Waals surface area contributed by atoms with Crippen LogP contribution < -0.4 is 10.6 Å². The second-order valence-corrected chi connectivity index (χ2v) is 7.95. The molecule has 29 heavy (non-hydrogen) atoms. The number of aliphatic hydroxyl groups is 1. The highest BCUT2D eigenvalue weighted by atomic mass is 32.1. The molecule has 0 aliphatic rings. The molecule has 1 aromatic heterocycles. The highest BCUT2D eigenvalue weighted by molar-refractivity contribution is 7.14. The third-order valence-electron chi connectivity index (χ3n) is 4.75. The van der Waals surface area contributed by atoms with Crippen molar-refractivity contribution < 1.29 is 9.90 Å². The van der Waals surface area contributed by atoms with Gasteiger partial charge in [0.1, 0.15) is 6.04 Å². The summed E-state index contributed by atoms with van der Waals surface area (Å²) in [7, 11) is 0. The molecule has 0 saturated carbocycles. The van der Waals surface area contributed by atoms with E-state index in [0.29, 0.717) is 11.7 Å². The van der Waals surface area contributed by atoms with Crippen LogP contribution in [0.3, 0.4) is 0 Å². The fourth-order valence-corrected chi connectivity index (χ4v) is 3.87. The van der Waals surface area contributed by atoms with Gasteiger partial charge in [-0.2, -0.15) is 0 Å². The molecular weight excluding hydrogens is 382 g/mol. The van der Waals surface area contributed by atoms with Crippen LogP contribution in [-0.2, 0) is 11.2 Å². The first kappa shape index (κ1) is 21.0. The van der Waals surface area contributed by atoms with Crippen molar-refractivity contribution in [1.29, 1.82) is 0 Å². The Morgan fingerprint density at radius 1 is 1.14 bits per heavy atom. The first-order valence-corrected chi connectivity index (χ1v) is 10.7. The van der Waals surface area contributed by atoms with Crippen molar-refractivity contribution in [2.24, 2.45) is 0 Å². The van der Waals surface area contributed by atoms with Gasteiger partial charge in [-0.3, -0.25) is 4.79 Å². The lowest BCUT2D eigenvalue weighted by atomic mass is 10.1. The van der Waals surface area contributed by atoms with Crippen molar-refractivity contribution in [1.82, 2.24) is 10.3 Å². The monoisotopic (exact) mass is 409 g/mol. The Bertz CT molecular complexity index is 925. The van der Waals surface area contributed by atoms with Gasteiger partial charge in [-0.05, 0) is 37.8 Å². The molecule has 152 valence electrons. The maximum Gasteiger partial charge on any atom is 0.245 e. The minimum atomic E-state index is -0.838. The van der Waals surface area contributed by atoms with Gasteiger partial charge in [0, 0.05) is 17.5 Å². The number of hydrogen-bond acceptors (Lipinski definition) is 5. The van der Waals surface area contributed by atoms with E-state index in [0.717, 1.165) is 29.7 Å². The summed E-state index contributed by atoms with van der Waals surface area (Å²) < 4.78 is 0. The maximum absolute atomic E-state index is 12.6. The molecule has 0 fully saturated rings. The topological polar surface area (TPSA) is 74.2 Å². The van der Waals surface area contributed by atoms with E-state index in [1.165, 1.54) is 16.9 Å². The third-order valence-corrected chi connectivity index (χ3v) is 5.53. The molecule has 3 aromatic rings. The number of thiazole rings is 1. The average molecular weight is 410 g/mol. The Kier molecular flexibility index (Phi) is 7.38. The summed E-state index contributed by atoms with van der Waals surface area (Å²) in [6, 6.07) is 17.5. The Morgan fingerprint density at radius 3 is 2.59 bits per heavy atom. The highest BCUT2D eigenvalue weighted by Gasteiger charge is 2.24. The molecule has 3 N–H and O–H groups in total. The van der Waals surface area contributed by atoms with Crippen LogP contribution in [0.15, 0.2) is 60.0 Å². The molecule has 0 saturated heterocycles. The van der Waals surface area contributed by atoms with Gasteiger partial charge in [-0.15, -0.1) is 11.3 Å². The molecule has 6 heteroatoms. The molecule has 2 aromatic carbocycles. The lowest BCUT2D eigenvalue weighted by Crippen LogP contribution is -2.46. The zero-order valence-corrected chi connectivity index (χ0v) is 17.6. The number of anilines is 1.